The minimum atomic E-state index is -1.15. The molecule has 2 fully saturated rings. The van der Waals surface area contributed by atoms with Crippen molar-refractivity contribution >= 4 is 11.9 Å². The summed E-state index contributed by atoms with van der Waals surface area (Å²) in [6, 6.07) is 47.9. The Morgan fingerprint density at radius 2 is 0.968 bits per heavy atom. The van der Waals surface area contributed by atoms with Crippen LogP contribution in [0.1, 0.15) is 59.8 Å². The molecule has 0 aromatic heterocycles. The maximum absolute atomic E-state index is 13.9. The van der Waals surface area contributed by atoms with Crippen molar-refractivity contribution < 1.29 is 52.2 Å². The lowest BCUT2D eigenvalue weighted by Gasteiger charge is -2.49. The smallest absolute Gasteiger partial charge is 0.338 e. The number of carbonyl (C=O) groups is 2. The molecule has 7 rings (SSSR count). The number of esters is 2. The first-order valence-electron chi connectivity index (χ1n) is 21.3. The predicted molar refractivity (Wildman–Crippen MR) is 231 cm³/mol. The normalized spacial score (nSPS) is 26.0. The van der Waals surface area contributed by atoms with Gasteiger partial charge in [0, 0.05) is 6.92 Å². The zero-order valence-electron chi connectivity index (χ0n) is 35.4. The SMILES string of the molecule is CCC1OC(COCc2ccccc2)C(OC2OC(C)C(OCc3ccccc3)C(OC(C)=O)C2OCc2ccccc2)C(OCc2ccccc2)C1OC(=O)c1ccccc1. The molecule has 0 N–H and O–H groups in total. The second-order valence-corrected chi connectivity index (χ2v) is 15.5. The molecule has 2 heterocycles. The van der Waals surface area contributed by atoms with E-state index in [1.54, 1.807) is 24.3 Å². The van der Waals surface area contributed by atoms with E-state index in [0.29, 0.717) is 18.6 Å². The molecule has 0 saturated carbocycles. The summed E-state index contributed by atoms with van der Waals surface area (Å²) < 4.78 is 59.6. The molecule has 2 aliphatic heterocycles. The molecule has 10 unspecified atom stereocenters. The second kappa shape index (κ2) is 22.7. The molecule has 10 atom stereocenters. The summed E-state index contributed by atoms with van der Waals surface area (Å²) in [5.74, 6) is -1.04. The molecule has 0 spiro atoms. The highest BCUT2D eigenvalue weighted by atomic mass is 16.7. The van der Waals surface area contributed by atoms with Crippen LogP contribution in [0.3, 0.4) is 0 Å². The van der Waals surface area contributed by atoms with Crippen LogP contribution in [0.15, 0.2) is 152 Å². The molecule has 0 amide bonds. The van der Waals surface area contributed by atoms with Crippen LogP contribution in [0.5, 0.6) is 0 Å². The zero-order chi connectivity index (χ0) is 43.1. The topological polar surface area (TPSA) is 117 Å². The van der Waals surface area contributed by atoms with E-state index in [2.05, 4.69) is 0 Å². The van der Waals surface area contributed by atoms with Gasteiger partial charge in [0.2, 0.25) is 0 Å². The van der Waals surface area contributed by atoms with Crippen LogP contribution in [0, 0.1) is 0 Å². The Balaban J connectivity index is 1.25. The highest BCUT2D eigenvalue weighted by Gasteiger charge is 2.54. The van der Waals surface area contributed by atoms with Gasteiger partial charge in [0.25, 0.3) is 0 Å². The van der Waals surface area contributed by atoms with Gasteiger partial charge in [0.05, 0.1) is 50.8 Å². The maximum atomic E-state index is 13.9. The van der Waals surface area contributed by atoms with Gasteiger partial charge in [0.15, 0.2) is 18.5 Å². The zero-order valence-corrected chi connectivity index (χ0v) is 35.4. The van der Waals surface area contributed by atoms with Gasteiger partial charge in [-0.25, -0.2) is 4.79 Å². The number of carbonyl (C=O) groups excluding carboxylic acids is 2. The van der Waals surface area contributed by atoms with Crippen LogP contribution in [0.4, 0.5) is 0 Å². The summed E-state index contributed by atoms with van der Waals surface area (Å²) in [5, 5.41) is 0. The van der Waals surface area contributed by atoms with Crippen LogP contribution in [0.25, 0.3) is 0 Å². The van der Waals surface area contributed by atoms with Gasteiger partial charge in [-0.2, -0.15) is 0 Å². The Kier molecular flexibility index (Phi) is 16.4. The molecule has 0 radical (unpaired) electrons. The van der Waals surface area contributed by atoms with Crippen molar-refractivity contribution in [2.75, 3.05) is 6.61 Å². The first-order chi connectivity index (χ1) is 30.4. The first-order valence-corrected chi connectivity index (χ1v) is 21.3. The van der Waals surface area contributed by atoms with Gasteiger partial charge in [-0.3, -0.25) is 4.79 Å². The summed E-state index contributed by atoms with van der Waals surface area (Å²) in [5.41, 5.74) is 4.13. The van der Waals surface area contributed by atoms with E-state index in [-0.39, 0.29) is 26.4 Å². The summed E-state index contributed by atoms with van der Waals surface area (Å²) in [6.07, 6.45) is -8.05. The van der Waals surface area contributed by atoms with Crippen molar-refractivity contribution in [3.8, 4) is 0 Å². The van der Waals surface area contributed by atoms with Gasteiger partial charge in [-0.05, 0) is 47.7 Å². The average Bonchev–Trinajstić information content (AvgIpc) is 3.30. The van der Waals surface area contributed by atoms with E-state index in [9.17, 15) is 9.59 Å². The number of hydrogen-bond donors (Lipinski definition) is 0. The Hall–Kier alpha value is -5.24. The van der Waals surface area contributed by atoms with E-state index in [0.717, 1.165) is 22.3 Å². The molecule has 11 nitrogen and oxygen atoms in total. The van der Waals surface area contributed by atoms with Gasteiger partial charge >= 0.3 is 11.9 Å². The average molecular weight is 845 g/mol. The fourth-order valence-corrected chi connectivity index (χ4v) is 7.85. The van der Waals surface area contributed by atoms with Gasteiger partial charge in [0.1, 0.15) is 30.5 Å². The fraction of sp³-hybridized carbons (Fsp3) is 0.373. The van der Waals surface area contributed by atoms with E-state index < -0.39 is 73.2 Å². The van der Waals surface area contributed by atoms with E-state index in [4.69, 9.17) is 42.6 Å². The molecule has 0 bridgehead atoms. The van der Waals surface area contributed by atoms with Crippen molar-refractivity contribution in [3.63, 3.8) is 0 Å². The quantitative estimate of drug-likeness (QED) is 0.0746. The Morgan fingerprint density at radius 1 is 0.500 bits per heavy atom. The summed E-state index contributed by atoms with van der Waals surface area (Å²) in [6.45, 7) is 6.19. The minimum Gasteiger partial charge on any atom is -0.457 e. The van der Waals surface area contributed by atoms with Crippen molar-refractivity contribution in [1.82, 2.24) is 0 Å². The lowest BCUT2D eigenvalue weighted by atomic mass is 9.92. The molecule has 0 aliphatic carbocycles. The Morgan fingerprint density at radius 3 is 1.47 bits per heavy atom. The van der Waals surface area contributed by atoms with Gasteiger partial charge < -0.3 is 42.6 Å². The van der Waals surface area contributed by atoms with Crippen LogP contribution >= 0.6 is 0 Å². The molecular weight excluding hydrogens is 789 g/mol. The van der Waals surface area contributed by atoms with Gasteiger partial charge in [-0.15, -0.1) is 0 Å². The van der Waals surface area contributed by atoms with Crippen molar-refractivity contribution in [2.45, 2.75) is 115 Å². The molecule has 326 valence electrons. The van der Waals surface area contributed by atoms with Crippen LogP contribution in [0.2, 0.25) is 0 Å². The lowest BCUT2D eigenvalue weighted by molar-refractivity contribution is -0.352. The molecular formula is C51H56O11. The van der Waals surface area contributed by atoms with Crippen LogP contribution in [-0.2, 0) is 73.9 Å². The number of ether oxygens (including phenoxy) is 9. The Bertz CT molecular complexity index is 2070. The van der Waals surface area contributed by atoms with Crippen LogP contribution < -0.4 is 0 Å². The maximum Gasteiger partial charge on any atom is 0.338 e. The van der Waals surface area contributed by atoms with Gasteiger partial charge in [-0.1, -0.05) is 146 Å². The molecule has 2 aliphatic rings. The largest absolute Gasteiger partial charge is 0.457 e. The second-order valence-electron chi connectivity index (χ2n) is 15.5. The highest BCUT2D eigenvalue weighted by Crippen LogP contribution is 2.36. The first kappa shape index (κ1) is 44.8. The molecule has 11 heteroatoms. The van der Waals surface area contributed by atoms with E-state index in [1.165, 1.54) is 6.92 Å². The fourth-order valence-electron chi connectivity index (χ4n) is 7.85. The Labute approximate surface area is 364 Å². The monoisotopic (exact) mass is 844 g/mol. The minimum absolute atomic E-state index is 0.106. The number of hydrogen-bond acceptors (Lipinski definition) is 11. The standard InChI is InChI=1S/C51H56O11/c1-4-42-45(61-50(53)41-28-18-9-19-29-41)47(56-32-39-24-14-7-15-25-39)46(43(60-42)34-54-30-37-20-10-5-11-21-37)62-51-49(57-33-40-26-16-8-17-27-40)48(59-36(3)52)44(35(2)58-51)55-31-38-22-12-6-13-23-38/h5-29,35,42-49,51H,4,30-34H2,1-3H3. The molecule has 2 saturated heterocycles. The molecule has 62 heavy (non-hydrogen) atoms. The third-order valence-corrected chi connectivity index (χ3v) is 11.0. The van der Waals surface area contributed by atoms with Crippen LogP contribution in [-0.4, -0.2) is 79.8 Å². The third kappa shape index (κ3) is 12.2. The summed E-state index contributed by atoms with van der Waals surface area (Å²) >= 11 is 0. The highest BCUT2D eigenvalue weighted by molar-refractivity contribution is 5.89. The number of benzene rings is 5. The van der Waals surface area contributed by atoms with E-state index >= 15 is 0 Å². The predicted octanol–water partition coefficient (Wildman–Crippen LogP) is 8.42. The lowest BCUT2D eigenvalue weighted by Crippen LogP contribution is -2.65. The molecule has 5 aromatic rings. The molecule has 5 aromatic carbocycles. The summed E-state index contributed by atoms with van der Waals surface area (Å²) in [4.78, 5) is 26.8. The van der Waals surface area contributed by atoms with Crippen molar-refractivity contribution in [3.05, 3.63) is 179 Å². The van der Waals surface area contributed by atoms with Crippen molar-refractivity contribution in [1.29, 1.82) is 0 Å². The number of rotatable bonds is 19. The van der Waals surface area contributed by atoms with Crippen molar-refractivity contribution in [2.24, 2.45) is 0 Å². The van der Waals surface area contributed by atoms with E-state index in [1.807, 2.05) is 141 Å². The third-order valence-electron chi connectivity index (χ3n) is 11.0. The summed E-state index contributed by atoms with van der Waals surface area (Å²) in [7, 11) is 0.